The van der Waals surface area contributed by atoms with Crippen molar-refractivity contribution >= 4 is 5.91 Å². The molecule has 0 radical (unpaired) electrons. The fourth-order valence-corrected chi connectivity index (χ4v) is 11.9. The average molecular weight is 1370 g/mol. The van der Waals surface area contributed by atoms with Crippen molar-refractivity contribution in [1.29, 1.82) is 0 Å². The molecule has 2 rings (SSSR count). The van der Waals surface area contributed by atoms with Crippen molar-refractivity contribution in [3.05, 3.63) is 146 Å². The topological polar surface area (TPSA) is 228 Å². The van der Waals surface area contributed by atoms with Gasteiger partial charge in [0.25, 0.3) is 0 Å². The molecule has 0 aromatic carbocycles. The first-order valence-corrected chi connectivity index (χ1v) is 39.1. The zero-order valence-electron chi connectivity index (χ0n) is 61.2. The van der Waals surface area contributed by atoms with Gasteiger partial charge in [0.15, 0.2) is 12.6 Å². The highest BCUT2D eigenvalue weighted by atomic mass is 16.7. The van der Waals surface area contributed by atoms with Crippen LogP contribution >= 0.6 is 0 Å². The molecule has 0 aliphatic carbocycles. The Morgan fingerprint density at radius 1 is 0.378 bits per heavy atom. The molecule has 1 amide bonds. The summed E-state index contributed by atoms with van der Waals surface area (Å²) in [5.41, 5.74) is 0. The van der Waals surface area contributed by atoms with E-state index in [1.165, 1.54) is 141 Å². The van der Waals surface area contributed by atoms with Crippen LogP contribution in [-0.2, 0) is 23.7 Å². The summed E-state index contributed by atoms with van der Waals surface area (Å²) in [7, 11) is 0. The van der Waals surface area contributed by atoms with Crippen molar-refractivity contribution in [2.24, 2.45) is 0 Å². The monoisotopic (exact) mass is 1370 g/mol. The second kappa shape index (κ2) is 66.1. The van der Waals surface area contributed by atoms with E-state index < -0.39 is 86.8 Å². The molecule has 2 saturated heterocycles. The minimum Gasteiger partial charge on any atom is -0.394 e. The van der Waals surface area contributed by atoms with Crippen LogP contribution in [0.2, 0.25) is 0 Å². The zero-order chi connectivity index (χ0) is 70.8. The molecule has 2 aliphatic heterocycles. The summed E-state index contributed by atoms with van der Waals surface area (Å²) in [5, 5.41) is 87.6. The Balaban J connectivity index is 1.66. The van der Waals surface area contributed by atoms with E-state index in [2.05, 4.69) is 153 Å². The molecule has 12 atom stereocenters. The molecule has 0 aromatic rings. The number of amides is 1. The van der Waals surface area contributed by atoms with Gasteiger partial charge in [0.2, 0.25) is 5.91 Å². The van der Waals surface area contributed by atoms with Gasteiger partial charge in [-0.05, 0) is 109 Å². The second-order valence-corrected chi connectivity index (χ2v) is 26.7. The molecule has 0 aromatic heterocycles. The number of allylic oxidation sites excluding steroid dienone is 23. The van der Waals surface area contributed by atoms with Gasteiger partial charge in [-0.3, -0.25) is 4.79 Å². The van der Waals surface area contributed by atoms with Gasteiger partial charge in [0, 0.05) is 6.42 Å². The molecule has 14 nitrogen and oxygen atoms in total. The lowest BCUT2D eigenvalue weighted by Crippen LogP contribution is -2.65. The van der Waals surface area contributed by atoms with E-state index in [1.54, 1.807) is 6.08 Å². The fourth-order valence-electron chi connectivity index (χ4n) is 11.9. The van der Waals surface area contributed by atoms with E-state index in [1.807, 2.05) is 6.08 Å². The third-order valence-electron chi connectivity index (χ3n) is 18.0. The van der Waals surface area contributed by atoms with E-state index in [9.17, 15) is 45.6 Å². The van der Waals surface area contributed by atoms with Crippen molar-refractivity contribution in [3.63, 3.8) is 0 Å². The quantitative estimate of drug-likeness (QED) is 0.0204. The summed E-state index contributed by atoms with van der Waals surface area (Å²) in [6, 6.07) is -0.948. The van der Waals surface area contributed by atoms with Gasteiger partial charge in [-0.25, -0.2) is 0 Å². The van der Waals surface area contributed by atoms with Crippen molar-refractivity contribution in [3.8, 4) is 0 Å². The number of aliphatic hydroxyl groups is 8. The summed E-state index contributed by atoms with van der Waals surface area (Å²) >= 11 is 0. The van der Waals surface area contributed by atoms with Crippen molar-refractivity contribution in [2.45, 2.75) is 357 Å². The van der Waals surface area contributed by atoms with Gasteiger partial charge >= 0.3 is 0 Å². The molecule has 98 heavy (non-hydrogen) atoms. The summed E-state index contributed by atoms with van der Waals surface area (Å²) in [6.45, 7) is 2.68. The minimum absolute atomic E-state index is 0.255. The van der Waals surface area contributed by atoms with Crippen LogP contribution in [0, 0.1) is 0 Å². The molecule has 14 heteroatoms. The number of unbranched alkanes of at least 4 members (excludes halogenated alkanes) is 28. The van der Waals surface area contributed by atoms with Gasteiger partial charge in [0.05, 0.1) is 32.0 Å². The van der Waals surface area contributed by atoms with E-state index in [0.29, 0.717) is 12.8 Å². The maximum absolute atomic E-state index is 13.4. The predicted octanol–water partition coefficient (Wildman–Crippen LogP) is 17.6. The molecule has 9 N–H and O–H groups in total. The average Bonchev–Trinajstić information content (AvgIpc) is 0.793. The number of nitrogens with one attached hydrogen (secondary N) is 1. The van der Waals surface area contributed by atoms with Crippen LogP contribution in [0.15, 0.2) is 146 Å². The molecule has 2 fully saturated rings. The standard InChI is InChI=1S/C84H141NO13/c1-3-5-7-9-11-13-15-17-19-21-23-25-27-29-30-31-32-33-34-35-36-37-38-39-40-41-42-44-46-48-50-52-54-56-58-60-62-64-66-68-76(89)85-72(71-95-83-81(94)79(92)82(75(70-87)97-83)98-84-80(93)78(91)77(90)74(69-86)96-84)73(88)67-65-63-61-59-57-55-53-51-49-47-45-43-28-26-24-22-20-18-16-14-12-10-8-6-4-2/h5,7,11,13,17,19,23,25,29-30,32-33,35-36,38-39,41-42,46,48,57,59,65,67,72-75,77-84,86-88,90-94H,3-4,6,8-10,12,14-16,18,20-22,24,26-28,31,34,37,40,43-45,47,49-56,58,60-64,66,68-71H2,1-2H3,(H,85,89)/b7-5-,13-11-,19-17-,25-23-,30-29-,33-32-,36-35-,39-38-,42-41-,48-46-,59-57+,67-65+. The Kier molecular flexibility index (Phi) is 60.7. The fraction of sp³-hybridized carbons (Fsp3) is 0.702. The molecule has 0 spiro atoms. The number of hydrogen-bond donors (Lipinski definition) is 9. The molecule has 2 heterocycles. The molecule has 560 valence electrons. The molecular formula is C84H141NO13. The van der Waals surface area contributed by atoms with E-state index in [0.717, 1.165) is 109 Å². The van der Waals surface area contributed by atoms with Crippen LogP contribution < -0.4 is 5.32 Å². The summed E-state index contributed by atoms with van der Waals surface area (Å²) in [5.74, 6) is -0.261. The maximum atomic E-state index is 13.4. The summed E-state index contributed by atoms with van der Waals surface area (Å²) < 4.78 is 22.9. The summed E-state index contributed by atoms with van der Waals surface area (Å²) in [4.78, 5) is 13.4. The Morgan fingerprint density at radius 2 is 0.714 bits per heavy atom. The van der Waals surface area contributed by atoms with E-state index >= 15 is 0 Å². The third-order valence-corrected chi connectivity index (χ3v) is 18.0. The molecule has 0 bridgehead atoms. The van der Waals surface area contributed by atoms with Crippen LogP contribution in [0.5, 0.6) is 0 Å². The largest absolute Gasteiger partial charge is 0.394 e. The first kappa shape index (κ1) is 90.0. The highest BCUT2D eigenvalue weighted by Gasteiger charge is 2.51. The van der Waals surface area contributed by atoms with Crippen LogP contribution in [0.25, 0.3) is 0 Å². The normalized spacial score (nSPS) is 22.9. The summed E-state index contributed by atoms with van der Waals surface area (Å²) in [6.07, 6.45) is 83.4. The van der Waals surface area contributed by atoms with Crippen LogP contribution in [0.4, 0.5) is 0 Å². The van der Waals surface area contributed by atoms with Gasteiger partial charge in [-0.1, -0.05) is 314 Å². The first-order chi connectivity index (χ1) is 48.1. The second-order valence-electron chi connectivity index (χ2n) is 26.7. The van der Waals surface area contributed by atoms with E-state index in [4.69, 9.17) is 18.9 Å². The molecular weight excluding hydrogens is 1230 g/mol. The molecule has 12 unspecified atom stereocenters. The highest BCUT2D eigenvalue weighted by molar-refractivity contribution is 5.76. The van der Waals surface area contributed by atoms with Crippen LogP contribution in [0.3, 0.4) is 0 Å². The number of aliphatic hydroxyl groups excluding tert-OH is 8. The number of carbonyl (C=O) groups excluding carboxylic acids is 1. The van der Waals surface area contributed by atoms with E-state index in [-0.39, 0.29) is 18.9 Å². The lowest BCUT2D eigenvalue weighted by molar-refractivity contribution is -0.359. The zero-order valence-corrected chi connectivity index (χ0v) is 61.2. The van der Waals surface area contributed by atoms with Gasteiger partial charge in [-0.2, -0.15) is 0 Å². The van der Waals surface area contributed by atoms with Crippen molar-refractivity contribution in [2.75, 3.05) is 19.8 Å². The number of carbonyl (C=O) groups is 1. The molecule has 2 aliphatic rings. The third kappa shape index (κ3) is 48.7. The van der Waals surface area contributed by atoms with Crippen molar-refractivity contribution < 1.29 is 64.6 Å². The smallest absolute Gasteiger partial charge is 0.220 e. The lowest BCUT2D eigenvalue weighted by atomic mass is 9.97. The maximum Gasteiger partial charge on any atom is 0.220 e. The number of ether oxygens (including phenoxy) is 4. The predicted molar refractivity (Wildman–Crippen MR) is 405 cm³/mol. The Labute approximate surface area is 595 Å². The van der Waals surface area contributed by atoms with Crippen LogP contribution in [0.1, 0.15) is 284 Å². The van der Waals surface area contributed by atoms with Gasteiger partial charge in [-0.15, -0.1) is 0 Å². The highest BCUT2D eigenvalue weighted by Crippen LogP contribution is 2.30. The van der Waals surface area contributed by atoms with Crippen LogP contribution in [-0.4, -0.2) is 140 Å². The Hall–Kier alpha value is -4.13. The lowest BCUT2D eigenvalue weighted by Gasteiger charge is -2.46. The Bertz CT molecular complexity index is 2210. The molecule has 0 saturated carbocycles. The Morgan fingerprint density at radius 3 is 1.12 bits per heavy atom. The van der Waals surface area contributed by atoms with Crippen molar-refractivity contribution in [1.82, 2.24) is 5.32 Å². The SMILES string of the molecule is CC/C=C\C/C=C\C/C=C\C/C=C\C/C=C\C/C=C\C/C=C\C/C=C\C/C=C\C/C=C\CCCCCCCCCCC(=O)NC(COC1OC(CO)C(OC2OC(CO)C(O)C(O)C2O)C(O)C1O)C(O)/C=C/CC/C=C/CCCCCCCCCCCCCCCCCCCCC. The first-order valence-electron chi connectivity index (χ1n) is 39.1. The minimum atomic E-state index is -1.80. The van der Waals surface area contributed by atoms with Gasteiger partial charge in [0.1, 0.15) is 48.8 Å². The van der Waals surface area contributed by atoms with Gasteiger partial charge < -0.3 is 65.1 Å². The number of hydrogen-bond acceptors (Lipinski definition) is 13. The number of rotatable bonds is 63.